The van der Waals surface area contributed by atoms with Crippen molar-refractivity contribution in [3.8, 4) is 5.75 Å². The van der Waals surface area contributed by atoms with Crippen LogP contribution in [0, 0.1) is 5.92 Å². The Morgan fingerprint density at radius 2 is 2.08 bits per heavy atom. The average molecular weight is 373 g/mol. The molecule has 1 atom stereocenters. The summed E-state index contributed by atoms with van der Waals surface area (Å²) in [6.07, 6.45) is 2.10. The maximum Gasteiger partial charge on any atom is 0.254 e. The van der Waals surface area contributed by atoms with Crippen molar-refractivity contribution in [2.75, 3.05) is 27.2 Å². The molecule has 1 amide bonds. The lowest BCUT2D eigenvalue weighted by atomic mass is 9.94. The number of rotatable bonds is 6. The second-order valence-corrected chi connectivity index (χ2v) is 7.27. The summed E-state index contributed by atoms with van der Waals surface area (Å²) in [6.45, 7) is 2.54. The SMILES string of the molecule is COc1ccc(Cl)cc1CN(C)C(=O)c1ccccc1CC1CCNC1. The monoisotopic (exact) mass is 372 g/mol. The van der Waals surface area contributed by atoms with Gasteiger partial charge in [-0.1, -0.05) is 29.8 Å². The molecule has 0 radical (unpaired) electrons. The number of ether oxygens (including phenoxy) is 1. The minimum absolute atomic E-state index is 0.0218. The third-order valence-corrected chi connectivity index (χ3v) is 5.15. The quantitative estimate of drug-likeness (QED) is 0.839. The Kier molecular flexibility index (Phi) is 6.17. The Hall–Kier alpha value is -2.04. The molecule has 0 aromatic heterocycles. The molecule has 1 N–H and O–H groups in total. The minimum Gasteiger partial charge on any atom is -0.496 e. The topological polar surface area (TPSA) is 41.6 Å². The van der Waals surface area contributed by atoms with Crippen LogP contribution in [0.15, 0.2) is 42.5 Å². The highest BCUT2D eigenvalue weighted by Gasteiger charge is 2.21. The molecule has 5 heteroatoms. The van der Waals surface area contributed by atoms with Crippen LogP contribution in [0.4, 0.5) is 0 Å². The number of carbonyl (C=O) groups is 1. The second kappa shape index (κ2) is 8.56. The van der Waals surface area contributed by atoms with Crippen LogP contribution < -0.4 is 10.1 Å². The highest BCUT2D eigenvalue weighted by atomic mass is 35.5. The summed E-state index contributed by atoms with van der Waals surface area (Å²) in [5.74, 6) is 1.36. The number of nitrogens with one attached hydrogen (secondary N) is 1. The van der Waals surface area contributed by atoms with Gasteiger partial charge in [0.1, 0.15) is 5.75 Å². The Morgan fingerprint density at radius 1 is 1.27 bits per heavy atom. The molecule has 0 bridgehead atoms. The van der Waals surface area contributed by atoms with Crippen LogP contribution in [-0.2, 0) is 13.0 Å². The zero-order chi connectivity index (χ0) is 18.5. The van der Waals surface area contributed by atoms with E-state index >= 15 is 0 Å². The predicted octanol–water partition coefficient (Wildman–Crippen LogP) is 3.77. The average Bonchev–Trinajstić information content (AvgIpc) is 3.15. The summed E-state index contributed by atoms with van der Waals surface area (Å²) >= 11 is 6.11. The van der Waals surface area contributed by atoms with Crippen LogP contribution in [0.5, 0.6) is 5.75 Å². The Bertz CT molecular complexity index is 772. The predicted molar refractivity (Wildman–Crippen MR) is 105 cm³/mol. The van der Waals surface area contributed by atoms with E-state index in [-0.39, 0.29) is 5.91 Å². The molecule has 1 heterocycles. The van der Waals surface area contributed by atoms with E-state index in [4.69, 9.17) is 16.3 Å². The van der Waals surface area contributed by atoms with Crippen molar-refractivity contribution in [3.63, 3.8) is 0 Å². The summed E-state index contributed by atoms with van der Waals surface area (Å²) in [4.78, 5) is 14.8. The van der Waals surface area contributed by atoms with Crippen molar-refractivity contribution in [2.24, 2.45) is 5.92 Å². The summed E-state index contributed by atoms with van der Waals surface area (Å²) in [5.41, 5.74) is 2.80. The van der Waals surface area contributed by atoms with Gasteiger partial charge in [0.2, 0.25) is 0 Å². The lowest BCUT2D eigenvalue weighted by Gasteiger charge is -2.21. The van der Waals surface area contributed by atoms with Gasteiger partial charge in [0, 0.05) is 29.7 Å². The van der Waals surface area contributed by atoms with Gasteiger partial charge >= 0.3 is 0 Å². The first-order valence-corrected chi connectivity index (χ1v) is 9.32. The van der Waals surface area contributed by atoms with E-state index in [1.807, 2.05) is 37.4 Å². The van der Waals surface area contributed by atoms with Crippen LogP contribution in [0.1, 0.15) is 27.9 Å². The third kappa shape index (κ3) is 4.37. The lowest BCUT2D eigenvalue weighted by Crippen LogP contribution is -2.27. The van der Waals surface area contributed by atoms with Crippen molar-refractivity contribution in [1.82, 2.24) is 10.2 Å². The van der Waals surface area contributed by atoms with Crippen molar-refractivity contribution in [1.29, 1.82) is 0 Å². The van der Waals surface area contributed by atoms with Crippen molar-refractivity contribution >= 4 is 17.5 Å². The first-order chi connectivity index (χ1) is 12.6. The largest absolute Gasteiger partial charge is 0.496 e. The van der Waals surface area contributed by atoms with Gasteiger partial charge in [-0.15, -0.1) is 0 Å². The summed E-state index contributed by atoms with van der Waals surface area (Å²) in [7, 11) is 3.44. The summed E-state index contributed by atoms with van der Waals surface area (Å²) in [6, 6.07) is 13.4. The maximum atomic E-state index is 13.1. The van der Waals surface area contributed by atoms with Crippen molar-refractivity contribution < 1.29 is 9.53 Å². The van der Waals surface area contributed by atoms with Crippen LogP contribution in [0.3, 0.4) is 0 Å². The van der Waals surface area contributed by atoms with E-state index in [1.165, 1.54) is 0 Å². The van der Waals surface area contributed by atoms with Gasteiger partial charge in [-0.05, 0) is 61.7 Å². The maximum absolute atomic E-state index is 13.1. The first kappa shape index (κ1) is 18.7. The molecular formula is C21H25ClN2O2. The van der Waals surface area contributed by atoms with Gasteiger partial charge in [0.25, 0.3) is 5.91 Å². The van der Waals surface area contributed by atoms with Gasteiger partial charge in [-0.25, -0.2) is 0 Å². The molecule has 2 aromatic carbocycles. The fourth-order valence-electron chi connectivity index (χ4n) is 3.51. The van der Waals surface area contributed by atoms with E-state index in [0.717, 1.165) is 48.4 Å². The lowest BCUT2D eigenvalue weighted by molar-refractivity contribution is 0.0783. The van der Waals surface area contributed by atoms with Crippen molar-refractivity contribution in [3.05, 3.63) is 64.2 Å². The second-order valence-electron chi connectivity index (χ2n) is 6.84. The number of methoxy groups -OCH3 is 1. The highest BCUT2D eigenvalue weighted by Crippen LogP contribution is 2.25. The van der Waals surface area contributed by atoms with E-state index in [1.54, 1.807) is 18.1 Å². The molecule has 26 heavy (non-hydrogen) atoms. The molecule has 2 aromatic rings. The van der Waals surface area contributed by atoms with E-state index < -0.39 is 0 Å². The van der Waals surface area contributed by atoms with E-state index in [2.05, 4.69) is 11.4 Å². The number of benzene rings is 2. The smallest absolute Gasteiger partial charge is 0.254 e. The van der Waals surface area contributed by atoms with Crippen LogP contribution in [0.2, 0.25) is 5.02 Å². The van der Waals surface area contributed by atoms with E-state index in [0.29, 0.717) is 17.5 Å². The van der Waals surface area contributed by atoms with Gasteiger partial charge in [-0.2, -0.15) is 0 Å². The molecule has 1 aliphatic heterocycles. The third-order valence-electron chi connectivity index (χ3n) is 4.92. The molecule has 0 saturated carbocycles. The van der Waals surface area contributed by atoms with Gasteiger partial charge in [0.05, 0.1) is 7.11 Å². The molecule has 1 saturated heterocycles. The zero-order valence-electron chi connectivity index (χ0n) is 15.3. The molecule has 1 fully saturated rings. The number of hydrogen-bond acceptors (Lipinski definition) is 3. The zero-order valence-corrected chi connectivity index (χ0v) is 16.1. The summed E-state index contributed by atoms with van der Waals surface area (Å²) in [5, 5.41) is 4.03. The molecule has 1 unspecified atom stereocenters. The van der Waals surface area contributed by atoms with Crippen LogP contribution >= 0.6 is 11.6 Å². The molecule has 4 nitrogen and oxygen atoms in total. The fourth-order valence-corrected chi connectivity index (χ4v) is 3.70. The molecule has 3 rings (SSSR count). The fraction of sp³-hybridized carbons (Fsp3) is 0.381. The molecule has 0 aliphatic carbocycles. The number of carbonyl (C=O) groups excluding carboxylic acids is 1. The standard InChI is InChI=1S/C21H25ClN2O2/c1-24(14-17-12-18(22)7-8-20(17)26-2)21(25)19-6-4-3-5-16(19)11-15-9-10-23-13-15/h3-8,12,15,23H,9-11,13-14H2,1-2H3. The Morgan fingerprint density at radius 3 is 2.81 bits per heavy atom. The van der Waals surface area contributed by atoms with Crippen LogP contribution in [-0.4, -0.2) is 38.1 Å². The number of halogens is 1. The van der Waals surface area contributed by atoms with Gasteiger partial charge < -0.3 is 15.0 Å². The summed E-state index contributed by atoms with van der Waals surface area (Å²) < 4.78 is 5.40. The van der Waals surface area contributed by atoms with Gasteiger partial charge in [-0.3, -0.25) is 4.79 Å². The van der Waals surface area contributed by atoms with Crippen LogP contribution in [0.25, 0.3) is 0 Å². The Balaban J connectivity index is 1.77. The molecular weight excluding hydrogens is 348 g/mol. The number of amides is 1. The molecule has 0 spiro atoms. The highest BCUT2D eigenvalue weighted by molar-refractivity contribution is 6.30. The van der Waals surface area contributed by atoms with E-state index in [9.17, 15) is 4.79 Å². The minimum atomic E-state index is 0.0218. The number of nitrogens with zero attached hydrogens (tertiary/aromatic N) is 1. The first-order valence-electron chi connectivity index (χ1n) is 8.95. The number of hydrogen-bond donors (Lipinski definition) is 1. The van der Waals surface area contributed by atoms with Crippen molar-refractivity contribution in [2.45, 2.75) is 19.4 Å². The molecule has 1 aliphatic rings. The van der Waals surface area contributed by atoms with Gasteiger partial charge in [0.15, 0.2) is 0 Å². The Labute approximate surface area is 160 Å². The molecule has 138 valence electrons. The normalized spacial score (nSPS) is 16.5.